The lowest BCUT2D eigenvalue weighted by Gasteiger charge is -2.27. The van der Waals surface area contributed by atoms with Crippen LogP contribution in [-0.4, -0.2) is 29.1 Å². The van der Waals surface area contributed by atoms with Crippen LogP contribution in [0.25, 0.3) is 0 Å². The summed E-state index contributed by atoms with van der Waals surface area (Å²) in [6, 6.07) is 1.73. The Balaban J connectivity index is 1.93. The molecule has 5 nitrogen and oxygen atoms in total. The van der Waals surface area contributed by atoms with E-state index in [4.69, 9.17) is 4.74 Å². The lowest BCUT2D eigenvalue weighted by atomic mass is 9.96. The van der Waals surface area contributed by atoms with E-state index in [9.17, 15) is 22.4 Å². The number of halogens is 4. The molecule has 2 N–H and O–H groups in total. The van der Waals surface area contributed by atoms with Gasteiger partial charge in [-0.25, -0.2) is 9.37 Å². The number of aromatic nitrogens is 2. The monoisotopic (exact) mass is 357 g/mol. The van der Waals surface area contributed by atoms with Gasteiger partial charge in [0.15, 0.2) is 0 Å². The van der Waals surface area contributed by atoms with E-state index in [1.165, 1.54) is 0 Å². The number of imidazole rings is 1. The third kappa shape index (κ3) is 3.37. The number of benzene rings is 1. The van der Waals surface area contributed by atoms with Gasteiger partial charge in [-0.15, -0.1) is 0 Å². The van der Waals surface area contributed by atoms with Gasteiger partial charge in [0.2, 0.25) is 0 Å². The third-order valence-electron chi connectivity index (χ3n) is 4.07. The van der Waals surface area contributed by atoms with E-state index in [-0.39, 0.29) is 6.61 Å². The van der Waals surface area contributed by atoms with Gasteiger partial charge >= 0.3 is 6.18 Å². The maximum atomic E-state index is 13.9. The zero-order valence-electron chi connectivity index (χ0n) is 13.2. The molecule has 1 atom stereocenters. The molecular formula is C16H15F4N3O2. The zero-order chi connectivity index (χ0) is 18.2. The van der Waals surface area contributed by atoms with Crippen molar-refractivity contribution in [3.63, 3.8) is 0 Å². The van der Waals surface area contributed by atoms with Crippen molar-refractivity contribution in [3.8, 4) is 0 Å². The van der Waals surface area contributed by atoms with Gasteiger partial charge in [-0.3, -0.25) is 4.79 Å². The molecule has 0 spiro atoms. The molecule has 9 heteroatoms. The maximum absolute atomic E-state index is 13.9. The zero-order valence-corrected chi connectivity index (χ0v) is 13.2. The third-order valence-corrected chi connectivity index (χ3v) is 4.07. The van der Waals surface area contributed by atoms with E-state index in [0.29, 0.717) is 37.1 Å². The van der Waals surface area contributed by atoms with E-state index in [1.807, 2.05) is 0 Å². The number of hydrogen-bond donors (Lipinski definition) is 2. The molecule has 0 radical (unpaired) electrons. The Hall–Kier alpha value is -2.42. The molecule has 1 aromatic carbocycles. The first-order chi connectivity index (χ1) is 11.7. The van der Waals surface area contributed by atoms with E-state index < -0.39 is 34.6 Å². The summed E-state index contributed by atoms with van der Waals surface area (Å²) in [6.45, 7) is 2.20. The molecule has 1 aliphatic heterocycles. The molecule has 0 bridgehead atoms. The average molecular weight is 357 g/mol. The summed E-state index contributed by atoms with van der Waals surface area (Å²) in [5.74, 6) is -1.57. The van der Waals surface area contributed by atoms with Gasteiger partial charge in [-0.05, 0) is 25.1 Å². The molecule has 0 saturated carbocycles. The van der Waals surface area contributed by atoms with Crippen molar-refractivity contribution in [3.05, 3.63) is 52.9 Å². The van der Waals surface area contributed by atoms with Crippen molar-refractivity contribution < 1.29 is 27.1 Å². The molecule has 1 unspecified atom stereocenters. The lowest BCUT2D eigenvalue weighted by molar-refractivity contribution is -0.137. The fraction of sp³-hybridized carbons (Fsp3) is 0.375. The van der Waals surface area contributed by atoms with E-state index in [0.717, 1.165) is 5.69 Å². The number of nitrogens with zero attached hydrogens (tertiary/aromatic N) is 1. The van der Waals surface area contributed by atoms with Crippen LogP contribution in [-0.2, 0) is 16.5 Å². The van der Waals surface area contributed by atoms with Crippen LogP contribution in [0.5, 0.6) is 0 Å². The molecule has 1 aromatic heterocycles. The molecule has 25 heavy (non-hydrogen) atoms. The number of rotatable bonds is 3. The second-order valence-corrected chi connectivity index (χ2v) is 5.95. The van der Waals surface area contributed by atoms with Crippen molar-refractivity contribution in [2.75, 3.05) is 13.2 Å². The molecule has 2 aromatic rings. The smallest absolute Gasteiger partial charge is 0.378 e. The standard InChI is InChI=1S/C16H15F4N3O2/c1-9-7-21-14(22-9)15(4-5-25-8-15)23-13(24)11-6-10(16(18,19)20)2-3-12(11)17/h2-3,6-7H,4-5,8H2,1H3,(H,21,22)(H,23,24). The molecule has 1 fully saturated rings. The SMILES string of the molecule is Cc1cnc(C2(NC(=O)c3cc(C(F)(F)F)ccc3F)CCOC2)[nH]1. The van der Waals surface area contributed by atoms with Gasteiger partial charge in [0.25, 0.3) is 5.91 Å². The van der Waals surface area contributed by atoms with Crippen LogP contribution in [0.3, 0.4) is 0 Å². The van der Waals surface area contributed by atoms with Crippen molar-refractivity contribution in [1.29, 1.82) is 0 Å². The minimum Gasteiger partial charge on any atom is -0.378 e. The highest BCUT2D eigenvalue weighted by atomic mass is 19.4. The van der Waals surface area contributed by atoms with E-state index >= 15 is 0 Å². The Morgan fingerprint density at radius 1 is 1.40 bits per heavy atom. The van der Waals surface area contributed by atoms with Crippen LogP contribution in [0.4, 0.5) is 17.6 Å². The minimum absolute atomic E-state index is 0.0896. The Kier molecular flexibility index (Phi) is 4.28. The van der Waals surface area contributed by atoms with Crippen LogP contribution in [0.2, 0.25) is 0 Å². The molecule has 3 rings (SSSR count). The van der Waals surface area contributed by atoms with E-state index in [2.05, 4.69) is 15.3 Å². The second-order valence-electron chi connectivity index (χ2n) is 5.95. The molecule has 1 saturated heterocycles. The van der Waals surface area contributed by atoms with Gasteiger partial charge in [0, 0.05) is 24.9 Å². The van der Waals surface area contributed by atoms with Gasteiger partial charge in [0.05, 0.1) is 17.7 Å². The van der Waals surface area contributed by atoms with Gasteiger partial charge in [-0.1, -0.05) is 0 Å². The number of carbonyl (C=O) groups excluding carboxylic acids is 1. The molecule has 1 amide bonds. The first kappa shape index (κ1) is 17.4. The number of aromatic amines is 1. The van der Waals surface area contributed by atoms with Gasteiger partial charge in [0.1, 0.15) is 17.2 Å². The van der Waals surface area contributed by atoms with Crippen molar-refractivity contribution in [1.82, 2.24) is 15.3 Å². The normalized spacial score (nSPS) is 20.7. The van der Waals surface area contributed by atoms with Crippen LogP contribution >= 0.6 is 0 Å². The summed E-state index contributed by atoms with van der Waals surface area (Å²) in [5, 5.41) is 2.59. The van der Waals surface area contributed by atoms with Gasteiger partial charge in [-0.2, -0.15) is 13.2 Å². The summed E-state index contributed by atoms with van der Waals surface area (Å²) < 4.78 is 57.7. The molecule has 0 aliphatic carbocycles. The van der Waals surface area contributed by atoms with Crippen LogP contribution < -0.4 is 5.32 Å². The predicted molar refractivity (Wildman–Crippen MR) is 79.3 cm³/mol. The summed E-state index contributed by atoms with van der Waals surface area (Å²) in [7, 11) is 0. The topological polar surface area (TPSA) is 67.0 Å². The number of ether oxygens (including phenoxy) is 1. The molecular weight excluding hydrogens is 342 g/mol. The molecule has 134 valence electrons. The summed E-state index contributed by atoms with van der Waals surface area (Å²) >= 11 is 0. The first-order valence-electron chi connectivity index (χ1n) is 7.50. The average Bonchev–Trinajstić information content (AvgIpc) is 3.16. The van der Waals surface area contributed by atoms with Crippen LogP contribution in [0.15, 0.2) is 24.4 Å². The minimum atomic E-state index is -4.67. The Morgan fingerprint density at radius 2 is 2.16 bits per heavy atom. The Morgan fingerprint density at radius 3 is 2.72 bits per heavy atom. The van der Waals surface area contributed by atoms with Crippen molar-refractivity contribution in [2.45, 2.75) is 25.1 Å². The molecule has 2 heterocycles. The van der Waals surface area contributed by atoms with Gasteiger partial charge < -0.3 is 15.0 Å². The fourth-order valence-corrected chi connectivity index (χ4v) is 2.73. The number of H-pyrrole nitrogens is 1. The highest BCUT2D eigenvalue weighted by molar-refractivity contribution is 5.95. The summed E-state index contributed by atoms with van der Waals surface area (Å²) in [6.07, 6.45) is -2.74. The quantitative estimate of drug-likeness (QED) is 0.830. The maximum Gasteiger partial charge on any atom is 0.416 e. The lowest BCUT2D eigenvalue weighted by Crippen LogP contribution is -2.47. The number of amides is 1. The highest BCUT2D eigenvalue weighted by Gasteiger charge is 2.41. The number of hydrogen-bond acceptors (Lipinski definition) is 3. The Bertz CT molecular complexity index is 795. The predicted octanol–water partition coefficient (Wildman–Crippen LogP) is 2.92. The largest absolute Gasteiger partial charge is 0.416 e. The highest BCUT2D eigenvalue weighted by Crippen LogP contribution is 2.32. The number of carbonyl (C=O) groups is 1. The van der Waals surface area contributed by atoms with Crippen LogP contribution in [0, 0.1) is 12.7 Å². The number of nitrogens with one attached hydrogen (secondary N) is 2. The van der Waals surface area contributed by atoms with Crippen molar-refractivity contribution >= 4 is 5.91 Å². The van der Waals surface area contributed by atoms with E-state index in [1.54, 1.807) is 13.1 Å². The fourth-order valence-electron chi connectivity index (χ4n) is 2.73. The second kappa shape index (κ2) is 6.14. The first-order valence-corrected chi connectivity index (χ1v) is 7.50. The number of alkyl halides is 3. The number of aryl methyl sites for hydroxylation is 1. The summed E-state index contributed by atoms with van der Waals surface area (Å²) in [4.78, 5) is 19.6. The summed E-state index contributed by atoms with van der Waals surface area (Å²) in [5.41, 5.74) is -2.05. The van der Waals surface area contributed by atoms with Crippen LogP contribution in [0.1, 0.15) is 33.9 Å². The Labute approximate surface area is 140 Å². The van der Waals surface area contributed by atoms with Crippen molar-refractivity contribution in [2.24, 2.45) is 0 Å². The molecule has 1 aliphatic rings.